The molecule has 0 unspecified atom stereocenters. The SMILES string of the molecule is c1ccc2c(c1)oc1c2ccc2c1c1ccccc1n2-c1ccc2c3c(cccc13)-c1ccc3c(sc4ccccc43)c1-2. The summed E-state index contributed by atoms with van der Waals surface area (Å²) in [5.74, 6) is 0. The topological polar surface area (TPSA) is 18.1 Å². The zero-order valence-electron chi connectivity index (χ0n) is 22.9. The summed E-state index contributed by atoms with van der Waals surface area (Å²) in [7, 11) is 0. The van der Waals surface area contributed by atoms with Crippen molar-refractivity contribution in [2.24, 2.45) is 0 Å². The van der Waals surface area contributed by atoms with Crippen molar-refractivity contribution in [1.82, 2.24) is 4.57 Å². The molecule has 0 radical (unpaired) electrons. The number of hydrogen-bond acceptors (Lipinski definition) is 2. The second kappa shape index (κ2) is 7.71. The van der Waals surface area contributed by atoms with Crippen molar-refractivity contribution in [3.63, 3.8) is 0 Å². The molecule has 198 valence electrons. The van der Waals surface area contributed by atoms with Gasteiger partial charge in [-0.1, -0.05) is 91.0 Å². The largest absolute Gasteiger partial charge is 0.455 e. The summed E-state index contributed by atoms with van der Waals surface area (Å²) in [6.45, 7) is 0. The smallest absolute Gasteiger partial charge is 0.145 e. The van der Waals surface area contributed by atoms with Gasteiger partial charge in [0, 0.05) is 47.3 Å². The Morgan fingerprint density at radius 3 is 2.19 bits per heavy atom. The van der Waals surface area contributed by atoms with Gasteiger partial charge in [0.1, 0.15) is 11.2 Å². The minimum atomic E-state index is 0.928. The molecule has 43 heavy (non-hydrogen) atoms. The third kappa shape index (κ3) is 2.65. The van der Waals surface area contributed by atoms with Gasteiger partial charge in [0.15, 0.2) is 0 Å². The van der Waals surface area contributed by atoms with Crippen molar-refractivity contribution in [3.05, 3.63) is 127 Å². The number of benzene rings is 7. The fraction of sp³-hybridized carbons (Fsp3) is 0. The van der Waals surface area contributed by atoms with E-state index in [0.717, 1.165) is 27.5 Å². The average molecular weight is 564 g/mol. The van der Waals surface area contributed by atoms with Gasteiger partial charge < -0.3 is 8.98 Å². The van der Waals surface area contributed by atoms with Crippen LogP contribution in [0.5, 0.6) is 0 Å². The highest BCUT2D eigenvalue weighted by Gasteiger charge is 2.27. The first-order valence-electron chi connectivity index (χ1n) is 14.7. The molecule has 3 aromatic heterocycles. The van der Waals surface area contributed by atoms with Crippen molar-refractivity contribution >= 4 is 86.0 Å². The molecule has 0 spiro atoms. The van der Waals surface area contributed by atoms with Crippen LogP contribution in [0.4, 0.5) is 0 Å². The van der Waals surface area contributed by atoms with Crippen molar-refractivity contribution in [3.8, 4) is 27.9 Å². The van der Waals surface area contributed by atoms with Crippen molar-refractivity contribution in [2.75, 3.05) is 0 Å². The predicted molar refractivity (Wildman–Crippen MR) is 183 cm³/mol. The Hall–Kier alpha value is -5.38. The second-order valence-electron chi connectivity index (χ2n) is 11.6. The monoisotopic (exact) mass is 563 g/mol. The number of fused-ring (bicyclic) bond motifs is 14. The highest BCUT2D eigenvalue weighted by atomic mass is 32.1. The molecular formula is C40H21NOS. The van der Waals surface area contributed by atoms with Crippen LogP contribution in [0.2, 0.25) is 0 Å². The van der Waals surface area contributed by atoms with E-state index in [1.807, 2.05) is 17.4 Å². The third-order valence-corrected chi connectivity index (χ3v) is 10.7. The van der Waals surface area contributed by atoms with Gasteiger partial charge in [-0.2, -0.15) is 0 Å². The molecular weight excluding hydrogens is 543 g/mol. The maximum absolute atomic E-state index is 6.55. The van der Waals surface area contributed by atoms with Gasteiger partial charge in [-0.25, -0.2) is 0 Å². The summed E-state index contributed by atoms with van der Waals surface area (Å²) in [5, 5.41) is 10.0. The Morgan fingerprint density at radius 1 is 0.465 bits per heavy atom. The number of rotatable bonds is 1. The average Bonchev–Trinajstić information content (AvgIpc) is 3.80. The lowest BCUT2D eigenvalue weighted by atomic mass is 10.0. The first-order chi connectivity index (χ1) is 21.3. The Balaban J connectivity index is 1.26. The van der Waals surface area contributed by atoms with Crippen LogP contribution in [-0.4, -0.2) is 4.57 Å². The lowest BCUT2D eigenvalue weighted by molar-refractivity contribution is 0.673. The van der Waals surface area contributed by atoms with Crippen LogP contribution < -0.4 is 0 Å². The minimum Gasteiger partial charge on any atom is -0.455 e. The molecule has 2 nitrogen and oxygen atoms in total. The number of aromatic nitrogens is 1. The molecule has 3 heteroatoms. The molecule has 0 atom stereocenters. The molecule has 0 saturated heterocycles. The van der Waals surface area contributed by atoms with Crippen LogP contribution in [0.15, 0.2) is 132 Å². The van der Waals surface area contributed by atoms with Crippen molar-refractivity contribution < 1.29 is 4.42 Å². The third-order valence-electron chi connectivity index (χ3n) is 9.55. The summed E-state index contributed by atoms with van der Waals surface area (Å²) < 4.78 is 11.7. The van der Waals surface area contributed by atoms with Crippen LogP contribution in [0, 0.1) is 0 Å². The van der Waals surface area contributed by atoms with E-state index in [1.165, 1.54) is 75.2 Å². The minimum absolute atomic E-state index is 0.928. The quantitative estimate of drug-likeness (QED) is 0.194. The molecule has 0 bridgehead atoms. The van der Waals surface area contributed by atoms with Crippen molar-refractivity contribution in [2.45, 2.75) is 0 Å². The Labute approximate surface area is 249 Å². The standard InChI is InChI=1S/C40H21NOS/c1-4-13-31-29(10-1)38-33(21-18-26-22-8-2-5-14-34(22)42-39(26)38)41(31)32-20-19-30-36-24(11-7-12-28(32)36)25-16-17-27-23-9-3-6-15-35(23)43-40(27)37(25)30/h1-21H. The lowest BCUT2D eigenvalue weighted by Crippen LogP contribution is -1.95. The van der Waals surface area contributed by atoms with Crippen molar-refractivity contribution in [1.29, 1.82) is 0 Å². The van der Waals surface area contributed by atoms with Gasteiger partial charge in [0.25, 0.3) is 0 Å². The van der Waals surface area contributed by atoms with Gasteiger partial charge in [0.05, 0.1) is 22.1 Å². The molecule has 1 aliphatic carbocycles. The van der Waals surface area contributed by atoms with E-state index in [4.69, 9.17) is 4.42 Å². The highest BCUT2D eigenvalue weighted by molar-refractivity contribution is 7.26. The van der Waals surface area contributed by atoms with Gasteiger partial charge in [0.2, 0.25) is 0 Å². The molecule has 0 fully saturated rings. The fourth-order valence-corrected chi connectivity index (χ4v) is 9.06. The van der Waals surface area contributed by atoms with E-state index >= 15 is 0 Å². The molecule has 0 amide bonds. The molecule has 10 aromatic rings. The number of nitrogens with zero attached hydrogens (tertiary/aromatic N) is 1. The first kappa shape index (κ1) is 22.2. The molecule has 0 saturated carbocycles. The van der Waals surface area contributed by atoms with Gasteiger partial charge in [-0.15, -0.1) is 11.3 Å². The van der Waals surface area contributed by atoms with Gasteiger partial charge in [-0.05, 0) is 58.5 Å². The lowest BCUT2D eigenvalue weighted by Gasteiger charge is -2.13. The normalized spacial score (nSPS) is 12.7. The maximum atomic E-state index is 6.55. The number of para-hydroxylation sites is 2. The van der Waals surface area contributed by atoms with Crippen LogP contribution in [-0.2, 0) is 0 Å². The van der Waals surface area contributed by atoms with Crippen LogP contribution in [0.1, 0.15) is 0 Å². The van der Waals surface area contributed by atoms with Crippen LogP contribution >= 0.6 is 11.3 Å². The predicted octanol–water partition coefficient (Wildman–Crippen LogP) is 11.9. The van der Waals surface area contributed by atoms with Crippen LogP contribution in [0.25, 0.3) is 103 Å². The van der Waals surface area contributed by atoms with Gasteiger partial charge in [-0.3, -0.25) is 0 Å². The molecule has 1 aliphatic rings. The summed E-state index contributed by atoms with van der Waals surface area (Å²) in [6.07, 6.45) is 0. The zero-order valence-corrected chi connectivity index (χ0v) is 23.7. The van der Waals surface area contributed by atoms with Crippen LogP contribution in [0.3, 0.4) is 0 Å². The molecule has 7 aromatic carbocycles. The Kier molecular flexibility index (Phi) is 3.99. The number of thiophene rings is 1. The van der Waals surface area contributed by atoms with Gasteiger partial charge >= 0.3 is 0 Å². The van der Waals surface area contributed by atoms with E-state index in [2.05, 4.69) is 126 Å². The fourth-order valence-electron chi connectivity index (χ4n) is 7.79. The van der Waals surface area contributed by atoms with E-state index in [-0.39, 0.29) is 0 Å². The second-order valence-corrected chi connectivity index (χ2v) is 12.7. The zero-order chi connectivity index (χ0) is 27.8. The summed E-state index contributed by atoms with van der Waals surface area (Å²) in [4.78, 5) is 0. The summed E-state index contributed by atoms with van der Waals surface area (Å²) in [5.41, 5.74) is 10.8. The summed E-state index contributed by atoms with van der Waals surface area (Å²) in [6, 6.07) is 46.5. The maximum Gasteiger partial charge on any atom is 0.145 e. The highest BCUT2D eigenvalue weighted by Crippen LogP contribution is 2.54. The Morgan fingerprint density at radius 2 is 1.23 bits per heavy atom. The molecule has 0 aliphatic heterocycles. The Bertz CT molecular complexity index is 2840. The number of furan rings is 1. The van der Waals surface area contributed by atoms with E-state index in [9.17, 15) is 0 Å². The molecule has 0 N–H and O–H groups in total. The van der Waals surface area contributed by atoms with E-state index < -0.39 is 0 Å². The van der Waals surface area contributed by atoms with E-state index in [0.29, 0.717) is 0 Å². The summed E-state index contributed by atoms with van der Waals surface area (Å²) >= 11 is 1.91. The first-order valence-corrected chi connectivity index (χ1v) is 15.5. The molecule has 3 heterocycles. The van der Waals surface area contributed by atoms with E-state index in [1.54, 1.807) is 0 Å². The molecule has 11 rings (SSSR count). The number of hydrogen-bond donors (Lipinski definition) is 0.